The minimum absolute atomic E-state index is 0.0679. The molecule has 0 unspecified atom stereocenters. The molecule has 0 saturated heterocycles. The number of rotatable bonds is 2. The Labute approximate surface area is 74.8 Å². The quantitative estimate of drug-likeness (QED) is 0.704. The molecule has 0 radical (unpaired) electrons. The van der Waals surface area contributed by atoms with Crippen molar-refractivity contribution in [2.24, 2.45) is 0 Å². The maximum atomic E-state index is 12.2. The van der Waals surface area contributed by atoms with Gasteiger partial charge in [-0.1, -0.05) is 0 Å². The standard InChI is InChI=1S/C9H8F2N2/c1-6-8(9(10)11)3-2-7(13-6)4-5-12/h2-3,9H,4H2,1H3. The summed E-state index contributed by atoms with van der Waals surface area (Å²) < 4.78 is 24.5. The molecule has 0 N–H and O–H groups in total. The van der Waals surface area contributed by atoms with Gasteiger partial charge in [-0.2, -0.15) is 5.26 Å². The van der Waals surface area contributed by atoms with Crippen molar-refractivity contribution < 1.29 is 8.78 Å². The molecule has 0 fully saturated rings. The fraction of sp³-hybridized carbons (Fsp3) is 0.333. The molecule has 1 aromatic heterocycles. The highest BCUT2D eigenvalue weighted by Crippen LogP contribution is 2.21. The van der Waals surface area contributed by atoms with Crippen LogP contribution in [0.15, 0.2) is 12.1 Å². The van der Waals surface area contributed by atoms with Gasteiger partial charge in [0.05, 0.1) is 18.2 Å². The molecule has 0 bridgehead atoms. The van der Waals surface area contributed by atoms with Crippen LogP contribution in [0.3, 0.4) is 0 Å². The predicted octanol–water partition coefficient (Wildman–Crippen LogP) is 2.39. The summed E-state index contributed by atoms with van der Waals surface area (Å²) in [5, 5.41) is 8.35. The lowest BCUT2D eigenvalue weighted by Crippen LogP contribution is -1.96. The van der Waals surface area contributed by atoms with E-state index in [-0.39, 0.29) is 12.0 Å². The number of aryl methyl sites for hydroxylation is 1. The number of alkyl halides is 2. The first-order chi connectivity index (χ1) is 6.15. The highest BCUT2D eigenvalue weighted by atomic mass is 19.3. The number of aromatic nitrogens is 1. The van der Waals surface area contributed by atoms with Crippen LogP contribution in [0.2, 0.25) is 0 Å². The van der Waals surface area contributed by atoms with Gasteiger partial charge in [0.15, 0.2) is 0 Å². The minimum atomic E-state index is -2.50. The van der Waals surface area contributed by atoms with E-state index in [1.807, 2.05) is 6.07 Å². The number of nitrogens with zero attached hydrogens (tertiary/aromatic N) is 2. The first-order valence-corrected chi connectivity index (χ1v) is 3.76. The molecule has 0 saturated carbocycles. The molecule has 0 aliphatic carbocycles. The van der Waals surface area contributed by atoms with Crippen molar-refractivity contribution in [3.63, 3.8) is 0 Å². The fourth-order valence-electron chi connectivity index (χ4n) is 1.03. The maximum Gasteiger partial charge on any atom is 0.265 e. The van der Waals surface area contributed by atoms with Crippen molar-refractivity contribution in [2.45, 2.75) is 19.8 Å². The van der Waals surface area contributed by atoms with Crippen LogP contribution < -0.4 is 0 Å². The van der Waals surface area contributed by atoms with Gasteiger partial charge in [-0.3, -0.25) is 4.98 Å². The Balaban J connectivity index is 3.00. The summed E-state index contributed by atoms with van der Waals surface area (Å²) in [5.41, 5.74) is 0.758. The number of hydrogen-bond donors (Lipinski definition) is 0. The average Bonchev–Trinajstić information content (AvgIpc) is 2.04. The fourth-order valence-corrected chi connectivity index (χ4v) is 1.03. The summed E-state index contributed by atoms with van der Waals surface area (Å²) in [6.45, 7) is 1.52. The molecule has 0 aliphatic rings. The van der Waals surface area contributed by atoms with Crippen molar-refractivity contribution >= 4 is 0 Å². The van der Waals surface area contributed by atoms with Gasteiger partial charge in [-0.25, -0.2) is 8.78 Å². The molecule has 0 aliphatic heterocycles. The Morgan fingerprint density at radius 1 is 1.54 bits per heavy atom. The van der Waals surface area contributed by atoms with E-state index in [0.29, 0.717) is 11.4 Å². The lowest BCUT2D eigenvalue weighted by atomic mass is 10.2. The van der Waals surface area contributed by atoms with Crippen LogP contribution >= 0.6 is 0 Å². The van der Waals surface area contributed by atoms with Gasteiger partial charge in [-0.05, 0) is 19.1 Å². The molecular formula is C9H8F2N2. The molecule has 0 amide bonds. The van der Waals surface area contributed by atoms with Crippen LogP contribution in [0.4, 0.5) is 8.78 Å². The summed E-state index contributed by atoms with van der Waals surface area (Å²) in [7, 11) is 0. The van der Waals surface area contributed by atoms with E-state index in [4.69, 9.17) is 5.26 Å². The zero-order valence-corrected chi connectivity index (χ0v) is 7.09. The van der Waals surface area contributed by atoms with Crippen molar-refractivity contribution in [3.05, 3.63) is 29.1 Å². The van der Waals surface area contributed by atoms with Crippen molar-refractivity contribution in [1.82, 2.24) is 4.98 Å². The van der Waals surface area contributed by atoms with Crippen LogP contribution in [0.5, 0.6) is 0 Å². The third-order valence-electron chi connectivity index (χ3n) is 1.68. The van der Waals surface area contributed by atoms with E-state index in [9.17, 15) is 8.78 Å². The van der Waals surface area contributed by atoms with Crippen LogP contribution in [-0.4, -0.2) is 4.98 Å². The van der Waals surface area contributed by atoms with Crippen molar-refractivity contribution in [2.75, 3.05) is 0 Å². The van der Waals surface area contributed by atoms with E-state index >= 15 is 0 Å². The monoisotopic (exact) mass is 182 g/mol. The number of halogens is 2. The highest BCUT2D eigenvalue weighted by Gasteiger charge is 2.11. The van der Waals surface area contributed by atoms with Gasteiger partial charge in [-0.15, -0.1) is 0 Å². The van der Waals surface area contributed by atoms with E-state index in [1.54, 1.807) is 0 Å². The van der Waals surface area contributed by atoms with Crippen LogP contribution in [0.1, 0.15) is 23.4 Å². The second-order valence-corrected chi connectivity index (χ2v) is 2.61. The SMILES string of the molecule is Cc1nc(CC#N)ccc1C(F)F. The van der Waals surface area contributed by atoms with Gasteiger partial charge in [0.2, 0.25) is 0 Å². The smallest absolute Gasteiger partial charge is 0.257 e. The third kappa shape index (κ3) is 2.22. The molecule has 1 aromatic rings. The molecule has 2 nitrogen and oxygen atoms in total. The Morgan fingerprint density at radius 3 is 2.69 bits per heavy atom. The van der Waals surface area contributed by atoms with E-state index in [1.165, 1.54) is 19.1 Å². The molecule has 68 valence electrons. The second-order valence-electron chi connectivity index (χ2n) is 2.61. The Kier molecular flexibility index (Phi) is 2.91. The Hall–Kier alpha value is -1.50. The zero-order chi connectivity index (χ0) is 9.84. The third-order valence-corrected chi connectivity index (χ3v) is 1.68. The largest absolute Gasteiger partial charge is 0.265 e. The predicted molar refractivity (Wildman–Crippen MR) is 43.2 cm³/mol. The highest BCUT2D eigenvalue weighted by molar-refractivity contribution is 5.24. The summed E-state index contributed by atoms with van der Waals surface area (Å²) in [4.78, 5) is 3.88. The summed E-state index contributed by atoms with van der Waals surface area (Å²) in [6.07, 6.45) is -2.34. The molecule has 4 heteroatoms. The topological polar surface area (TPSA) is 36.7 Å². The Morgan fingerprint density at radius 2 is 2.23 bits per heavy atom. The van der Waals surface area contributed by atoms with Gasteiger partial charge < -0.3 is 0 Å². The molecule has 0 spiro atoms. The van der Waals surface area contributed by atoms with Crippen LogP contribution in [0, 0.1) is 18.3 Å². The first-order valence-electron chi connectivity index (χ1n) is 3.76. The number of nitriles is 1. The average molecular weight is 182 g/mol. The van der Waals surface area contributed by atoms with Gasteiger partial charge >= 0.3 is 0 Å². The molecule has 13 heavy (non-hydrogen) atoms. The number of pyridine rings is 1. The molecule has 1 rings (SSSR count). The Bertz CT molecular complexity index is 342. The molecule has 1 heterocycles. The molecule has 0 atom stereocenters. The van der Waals surface area contributed by atoms with Crippen molar-refractivity contribution in [3.8, 4) is 6.07 Å². The van der Waals surface area contributed by atoms with Crippen LogP contribution in [-0.2, 0) is 6.42 Å². The van der Waals surface area contributed by atoms with Gasteiger partial charge in [0.25, 0.3) is 6.43 Å². The zero-order valence-electron chi connectivity index (χ0n) is 7.09. The van der Waals surface area contributed by atoms with E-state index in [2.05, 4.69) is 4.98 Å². The maximum absolute atomic E-state index is 12.2. The van der Waals surface area contributed by atoms with E-state index in [0.717, 1.165) is 0 Å². The first kappa shape index (κ1) is 9.59. The van der Waals surface area contributed by atoms with E-state index < -0.39 is 6.43 Å². The van der Waals surface area contributed by atoms with Gasteiger partial charge in [0.1, 0.15) is 0 Å². The van der Waals surface area contributed by atoms with Gasteiger partial charge in [0, 0.05) is 11.3 Å². The van der Waals surface area contributed by atoms with Crippen molar-refractivity contribution in [1.29, 1.82) is 5.26 Å². The second kappa shape index (κ2) is 3.94. The number of hydrogen-bond acceptors (Lipinski definition) is 2. The minimum Gasteiger partial charge on any atom is -0.257 e. The molecular weight excluding hydrogens is 174 g/mol. The lowest BCUT2D eigenvalue weighted by molar-refractivity contribution is 0.150. The summed E-state index contributed by atoms with van der Waals surface area (Å²) in [5.74, 6) is 0. The lowest BCUT2D eigenvalue weighted by Gasteiger charge is -2.04. The summed E-state index contributed by atoms with van der Waals surface area (Å²) >= 11 is 0. The summed E-state index contributed by atoms with van der Waals surface area (Å²) in [6, 6.07) is 4.69. The molecule has 0 aromatic carbocycles. The normalized spacial score (nSPS) is 10.1. The van der Waals surface area contributed by atoms with Crippen LogP contribution in [0.25, 0.3) is 0 Å².